The van der Waals surface area contributed by atoms with Crippen LogP contribution in [0.25, 0.3) is 0 Å². The quantitative estimate of drug-likeness (QED) is 0.819. The molecule has 1 aromatic rings. The molecule has 1 aromatic carbocycles. The lowest BCUT2D eigenvalue weighted by atomic mass is 10.1. The van der Waals surface area contributed by atoms with E-state index in [4.69, 9.17) is 0 Å². The van der Waals surface area contributed by atoms with Crippen molar-refractivity contribution in [3.63, 3.8) is 0 Å². The first-order valence-corrected chi connectivity index (χ1v) is 7.23. The number of hydrogen-bond acceptors (Lipinski definition) is 2. The summed E-state index contributed by atoms with van der Waals surface area (Å²) in [5.74, 6) is 0.156. The highest BCUT2D eigenvalue weighted by molar-refractivity contribution is 5.75. The third kappa shape index (κ3) is 5.88. The Bertz CT molecular complexity index is 402. The molecular weight excluding hydrogens is 236 g/mol. The van der Waals surface area contributed by atoms with Crippen LogP contribution in [0.4, 0.5) is 0 Å². The van der Waals surface area contributed by atoms with Gasteiger partial charge in [0.1, 0.15) is 0 Å². The molecular formula is C16H26N2O. The van der Waals surface area contributed by atoms with E-state index < -0.39 is 0 Å². The standard InChI is InChI=1S/C9H11N.C7H15NO/c1-7-2-3-8-5-10-6-9(8)4-7;1-3-5-6-8-7(9)4-2/h2-4,10H,5-6H2,1H3;3-6H2,1-2H3,(H,8,9). The van der Waals surface area contributed by atoms with E-state index >= 15 is 0 Å². The molecule has 0 saturated heterocycles. The smallest absolute Gasteiger partial charge is 0.219 e. The molecule has 1 heterocycles. The van der Waals surface area contributed by atoms with Crippen LogP contribution in [0.15, 0.2) is 18.2 Å². The molecule has 1 aliphatic heterocycles. The summed E-state index contributed by atoms with van der Waals surface area (Å²) in [6.07, 6.45) is 2.83. The Morgan fingerprint density at radius 1 is 1.26 bits per heavy atom. The molecule has 3 heteroatoms. The summed E-state index contributed by atoms with van der Waals surface area (Å²) in [4.78, 5) is 10.6. The average molecular weight is 262 g/mol. The SMILES string of the molecule is CCCCNC(=O)CC.Cc1ccc2c(c1)CNC2. The minimum Gasteiger partial charge on any atom is -0.356 e. The summed E-state index contributed by atoms with van der Waals surface area (Å²) in [6, 6.07) is 6.64. The molecule has 1 aliphatic rings. The van der Waals surface area contributed by atoms with Crippen molar-refractivity contribution >= 4 is 5.91 Å². The Hall–Kier alpha value is -1.35. The van der Waals surface area contributed by atoms with Crippen LogP contribution in [0, 0.1) is 6.92 Å². The number of amides is 1. The number of nitrogens with one attached hydrogen (secondary N) is 2. The van der Waals surface area contributed by atoms with E-state index in [9.17, 15) is 4.79 Å². The third-order valence-electron chi connectivity index (χ3n) is 3.17. The molecule has 0 atom stereocenters. The van der Waals surface area contributed by atoms with Crippen LogP contribution < -0.4 is 10.6 Å². The zero-order valence-electron chi connectivity index (χ0n) is 12.4. The summed E-state index contributed by atoms with van der Waals surface area (Å²) in [7, 11) is 0. The lowest BCUT2D eigenvalue weighted by molar-refractivity contribution is -0.120. The largest absolute Gasteiger partial charge is 0.356 e. The van der Waals surface area contributed by atoms with Crippen molar-refractivity contribution in [2.24, 2.45) is 0 Å². The first-order chi connectivity index (χ1) is 9.17. The van der Waals surface area contributed by atoms with Gasteiger partial charge in [0.25, 0.3) is 0 Å². The van der Waals surface area contributed by atoms with Gasteiger partial charge in [-0.05, 0) is 24.5 Å². The fourth-order valence-electron chi connectivity index (χ4n) is 1.95. The minimum atomic E-state index is 0.156. The average Bonchev–Trinajstić information content (AvgIpc) is 2.86. The Kier molecular flexibility index (Phi) is 7.19. The van der Waals surface area contributed by atoms with Crippen molar-refractivity contribution in [1.82, 2.24) is 10.6 Å². The van der Waals surface area contributed by atoms with Crippen LogP contribution >= 0.6 is 0 Å². The molecule has 0 aromatic heterocycles. The van der Waals surface area contributed by atoms with Gasteiger partial charge in [-0.25, -0.2) is 0 Å². The van der Waals surface area contributed by atoms with E-state index in [0.717, 1.165) is 32.5 Å². The van der Waals surface area contributed by atoms with Gasteiger partial charge >= 0.3 is 0 Å². The van der Waals surface area contributed by atoms with Crippen LogP contribution in [0.2, 0.25) is 0 Å². The predicted molar refractivity (Wildman–Crippen MR) is 79.9 cm³/mol. The number of hydrogen-bond donors (Lipinski definition) is 2. The Labute approximate surface area is 116 Å². The van der Waals surface area contributed by atoms with Gasteiger partial charge in [0.2, 0.25) is 5.91 Å². The van der Waals surface area contributed by atoms with Crippen molar-refractivity contribution in [2.45, 2.75) is 53.1 Å². The van der Waals surface area contributed by atoms with E-state index in [-0.39, 0.29) is 5.91 Å². The predicted octanol–water partition coefficient (Wildman–Crippen LogP) is 2.91. The lowest BCUT2D eigenvalue weighted by Crippen LogP contribution is -2.22. The van der Waals surface area contributed by atoms with E-state index in [1.807, 2.05) is 6.92 Å². The van der Waals surface area contributed by atoms with Crippen LogP contribution in [-0.4, -0.2) is 12.5 Å². The molecule has 2 N–H and O–H groups in total. The number of carbonyl (C=O) groups excluding carboxylic acids is 1. The number of aryl methyl sites for hydroxylation is 1. The number of rotatable bonds is 4. The molecule has 0 saturated carbocycles. The van der Waals surface area contributed by atoms with Gasteiger partial charge in [-0.1, -0.05) is 44.0 Å². The van der Waals surface area contributed by atoms with Crippen molar-refractivity contribution in [2.75, 3.05) is 6.54 Å². The molecule has 106 valence electrons. The fraction of sp³-hybridized carbons (Fsp3) is 0.562. The molecule has 2 rings (SSSR count). The number of fused-ring (bicyclic) bond motifs is 1. The van der Waals surface area contributed by atoms with Crippen molar-refractivity contribution in [3.05, 3.63) is 34.9 Å². The first kappa shape index (κ1) is 15.7. The molecule has 0 unspecified atom stereocenters. The van der Waals surface area contributed by atoms with E-state index in [2.05, 4.69) is 42.7 Å². The molecule has 0 spiro atoms. The third-order valence-corrected chi connectivity index (χ3v) is 3.17. The van der Waals surface area contributed by atoms with Crippen LogP contribution in [0.5, 0.6) is 0 Å². The monoisotopic (exact) mass is 262 g/mol. The highest BCUT2D eigenvalue weighted by atomic mass is 16.1. The highest BCUT2D eigenvalue weighted by Gasteiger charge is 2.07. The number of unbranched alkanes of at least 4 members (excludes halogenated alkanes) is 1. The molecule has 0 fully saturated rings. The first-order valence-electron chi connectivity index (χ1n) is 7.23. The Balaban J connectivity index is 0.000000192. The Morgan fingerprint density at radius 2 is 2.00 bits per heavy atom. The van der Waals surface area contributed by atoms with Crippen LogP contribution in [0.3, 0.4) is 0 Å². The number of benzene rings is 1. The normalized spacial score (nSPS) is 12.4. The zero-order chi connectivity index (χ0) is 14.1. The van der Waals surface area contributed by atoms with Crippen molar-refractivity contribution < 1.29 is 4.79 Å². The van der Waals surface area contributed by atoms with E-state index in [1.165, 1.54) is 16.7 Å². The fourth-order valence-corrected chi connectivity index (χ4v) is 1.95. The maximum atomic E-state index is 10.6. The molecule has 0 aliphatic carbocycles. The highest BCUT2D eigenvalue weighted by Crippen LogP contribution is 2.15. The Morgan fingerprint density at radius 3 is 2.68 bits per heavy atom. The van der Waals surface area contributed by atoms with Gasteiger partial charge in [-0.3, -0.25) is 4.79 Å². The van der Waals surface area contributed by atoms with E-state index in [1.54, 1.807) is 0 Å². The van der Waals surface area contributed by atoms with Gasteiger partial charge in [-0.15, -0.1) is 0 Å². The van der Waals surface area contributed by atoms with Gasteiger partial charge in [0, 0.05) is 26.1 Å². The van der Waals surface area contributed by atoms with Gasteiger partial charge in [0.05, 0.1) is 0 Å². The van der Waals surface area contributed by atoms with Gasteiger partial charge in [-0.2, -0.15) is 0 Å². The molecule has 0 radical (unpaired) electrons. The van der Waals surface area contributed by atoms with Gasteiger partial charge < -0.3 is 10.6 Å². The summed E-state index contributed by atoms with van der Waals surface area (Å²) in [6.45, 7) is 9.05. The van der Waals surface area contributed by atoms with Crippen LogP contribution in [-0.2, 0) is 17.9 Å². The molecule has 19 heavy (non-hydrogen) atoms. The second-order valence-corrected chi connectivity index (χ2v) is 4.93. The summed E-state index contributed by atoms with van der Waals surface area (Å²) < 4.78 is 0. The second kappa shape index (κ2) is 8.70. The summed E-state index contributed by atoms with van der Waals surface area (Å²) in [5, 5.41) is 6.11. The molecule has 3 nitrogen and oxygen atoms in total. The van der Waals surface area contributed by atoms with Crippen molar-refractivity contribution in [1.29, 1.82) is 0 Å². The minimum absolute atomic E-state index is 0.156. The lowest BCUT2D eigenvalue weighted by Gasteiger charge is -1.99. The van der Waals surface area contributed by atoms with Crippen LogP contribution in [0.1, 0.15) is 49.8 Å². The maximum absolute atomic E-state index is 10.6. The van der Waals surface area contributed by atoms with Gasteiger partial charge in [0.15, 0.2) is 0 Å². The number of carbonyl (C=O) groups is 1. The zero-order valence-corrected chi connectivity index (χ0v) is 12.4. The van der Waals surface area contributed by atoms with Crippen molar-refractivity contribution in [3.8, 4) is 0 Å². The molecule has 0 bridgehead atoms. The second-order valence-electron chi connectivity index (χ2n) is 4.93. The van der Waals surface area contributed by atoms with E-state index in [0.29, 0.717) is 6.42 Å². The summed E-state index contributed by atoms with van der Waals surface area (Å²) in [5.41, 5.74) is 4.30. The molecule has 1 amide bonds. The topological polar surface area (TPSA) is 41.1 Å². The summed E-state index contributed by atoms with van der Waals surface area (Å²) >= 11 is 0. The maximum Gasteiger partial charge on any atom is 0.219 e.